The summed E-state index contributed by atoms with van der Waals surface area (Å²) in [5.74, 6) is -0.152. The lowest BCUT2D eigenvalue weighted by Crippen LogP contribution is -2.33. The van der Waals surface area contributed by atoms with E-state index < -0.39 is 5.38 Å². The second-order valence-electron chi connectivity index (χ2n) is 4.90. The van der Waals surface area contributed by atoms with E-state index in [4.69, 9.17) is 11.6 Å². The van der Waals surface area contributed by atoms with Gasteiger partial charge in [0.05, 0.1) is 0 Å². The molecule has 1 aromatic carbocycles. The van der Waals surface area contributed by atoms with Gasteiger partial charge in [-0.2, -0.15) is 0 Å². The van der Waals surface area contributed by atoms with Crippen LogP contribution >= 0.6 is 11.6 Å². The first kappa shape index (κ1) is 14.9. The fraction of sp³-hybridized carbons (Fsp3) is 0.467. The van der Waals surface area contributed by atoms with Crippen LogP contribution < -0.4 is 5.32 Å². The third-order valence-corrected chi connectivity index (χ3v) is 3.87. The summed E-state index contributed by atoms with van der Waals surface area (Å²) < 4.78 is 0. The minimum absolute atomic E-state index is 0.105. The number of nitrogens with one attached hydrogen (secondary N) is 1. The molecule has 1 unspecified atom stereocenters. The van der Waals surface area contributed by atoms with Crippen LogP contribution in [0.2, 0.25) is 0 Å². The Kier molecular flexibility index (Phi) is 5.41. The number of halogens is 1. The van der Waals surface area contributed by atoms with Crippen molar-refractivity contribution in [2.75, 3.05) is 19.6 Å². The van der Waals surface area contributed by atoms with E-state index in [0.717, 1.165) is 31.5 Å². The van der Waals surface area contributed by atoms with Gasteiger partial charge in [0.25, 0.3) is 0 Å². The summed E-state index contributed by atoms with van der Waals surface area (Å²) in [7, 11) is 0. The highest BCUT2D eigenvalue weighted by atomic mass is 35.5. The number of nitrogens with zero attached hydrogens (tertiary/aromatic N) is 1. The van der Waals surface area contributed by atoms with E-state index in [9.17, 15) is 9.59 Å². The molecular weight excluding hydrogens is 276 g/mol. The Balaban J connectivity index is 1.73. The Labute approximate surface area is 124 Å². The van der Waals surface area contributed by atoms with Crippen LogP contribution in [0.3, 0.4) is 0 Å². The molecule has 1 aliphatic heterocycles. The van der Waals surface area contributed by atoms with Crippen LogP contribution in [0.25, 0.3) is 0 Å². The lowest BCUT2D eigenvalue weighted by atomic mass is 10.1. The Morgan fingerprint density at radius 3 is 2.50 bits per heavy atom. The number of likely N-dealkylation sites (tertiary alicyclic amines) is 1. The predicted molar refractivity (Wildman–Crippen MR) is 78.5 cm³/mol. The molecule has 0 saturated carbocycles. The molecule has 2 amide bonds. The number of carbonyl (C=O) groups excluding carboxylic acids is 2. The van der Waals surface area contributed by atoms with Gasteiger partial charge in [0.1, 0.15) is 5.38 Å². The highest BCUT2D eigenvalue weighted by Crippen LogP contribution is 2.19. The van der Waals surface area contributed by atoms with Crippen LogP contribution in [0.1, 0.15) is 30.2 Å². The molecule has 0 bridgehead atoms. The van der Waals surface area contributed by atoms with E-state index in [1.165, 1.54) is 0 Å². The first-order valence-corrected chi connectivity index (χ1v) is 7.36. The predicted octanol–water partition coefficient (Wildman–Crippen LogP) is 2.10. The number of rotatable bonds is 5. The van der Waals surface area contributed by atoms with Gasteiger partial charge in [-0.15, -0.1) is 11.6 Å². The molecule has 0 aliphatic carbocycles. The standard InChI is InChI=1S/C15H19ClN2O2/c16-14(12-6-2-1-3-7-12)15(20)17-9-8-13(19)18-10-4-5-11-18/h1-3,6-7,14H,4-5,8-11H2,(H,17,20). The quantitative estimate of drug-likeness (QED) is 0.846. The average molecular weight is 295 g/mol. The van der Waals surface area contributed by atoms with Gasteiger partial charge in [0, 0.05) is 26.1 Å². The van der Waals surface area contributed by atoms with Gasteiger partial charge in [0.2, 0.25) is 11.8 Å². The molecule has 1 saturated heterocycles. The first-order chi connectivity index (χ1) is 9.68. The fourth-order valence-corrected chi connectivity index (χ4v) is 2.50. The van der Waals surface area contributed by atoms with E-state index >= 15 is 0 Å². The van der Waals surface area contributed by atoms with Crippen LogP contribution in [-0.2, 0) is 9.59 Å². The lowest BCUT2D eigenvalue weighted by Gasteiger charge is -2.16. The summed E-state index contributed by atoms with van der Waals surface area (Å²) in [4.78, 5) is 25.5. The van der Waals surface area contributed by atoms with Crippen LogP contribution in [0.15, 0.2) is 30.3 Å². The highest BCUT2D eigenvalue weighted by molar-refractivity contribution is 6.30. The van der Waals surface area contributed by atoms with Crippen molar-refractivity contribution in [1.82, 2.24) is 10.2 Å². The van der Waals surface area contributed by atoms with Crippen LogP contribution in [0.5, 0.6) is 0 Å². The molecule has 4 nitrogen and oxygen atoms in total. The maximum atomic E-state index is 11.9. The zero-order valence-corrected chi connectivity index (χ0v) is 12.1. The summed E-state index contributed by atoms with van der Waals surface area (Å²) in [5, 5.41) is 2.01. The topological polar surface area (TPSA) is 49.4 Å². The van der Waals surface area contributed by atoms with Gasteiger partial charge in [-0.3, -0.25) is 9.59 Å². The molecule has 5 heteroatoms. The Morgan fingerprint density at radius 1 is 1.20 bits per heavy atom. The smallest absolute Gasteiger partial charge is 0.242 e. The second-order valence-corrected chi connectivity index (χ2v) is 5.34. The minimum atomic E-state index is -0.710. The molecule has 1 aliphatic rings. The van der Waals surface area contributed by atoms with Crippen molar-refractivity contribution in [1.29, 1.82) is 0 Å². The monoisotopic (exact) mass is 294 g/mol. The molecule has 108 valence electrons. The summed E-state index contributed by atoms with van der Waals surface area (Å²) in [6.45, 7) is 2.02. The number of hydrogen-bond donors (Lipinski definition) is 1. The van der Waals surface area contributed by atoms with Gasteiger partial charge in [-0.25, -0.2) is 0 Å². The third-order valence-electron chi connectivity index (χ3n) is 3.42. The zero-order chi connectivity index (χ0) is 14.4. The summed E-state index contributed by atoms with van der Waals surface area (Å²) >= 11 is 6.09. The zero-order valence-electron chi connectivity index (χ0n) is 11.3. The van der Waals surface area contributed by atoms with Crippen molar-refractivity contribution in [2.45, 2.75) is 24.6 Å². The van der Waals surface area contributed by atoms with Gasteiger partial charge < -0.3 is 10.2 Å². The average Bonchev–Trinajstić information content (AvgIpc) is 3.01. The van der Waals surface area contributed by atoms with E-state index in [2.05, 4.69) is 5.32 Å². The number of amides is 2. The molecular formula is C15H19ClN2O2. The van der Waals surface area contributed by atoms with Crippen molar-refractivity contribution in [3.8, 4) is 0 Å². The summed E-state index contributed by atoms with van der Waals surface area (Å²) in [5.41, 5.74) is 0.762. The van der Waals surface area contributed by atoms with Crippen LogP contribution in [0.4, 0.5) is 0 Å². The number of benzene rings is 1. The molecule has 1 atom stereocenters. The molecule has 1 N–H and O–H groups in total. The fourth-order valence-electron chi connectivity index (χ4n) is 2.28. The Bertz CT molecular complexity index is 458. The van der Waals surface area contributed by atoms with Crippen molar-refractivity contribution in [2.24, 2.45) is 0 Å². The van der Waals surface area contributed by atoms with Crippen LogP contribution in [-0.4, -0.2) is 36.3 Å². The third kappa shape index (κ3) is 3.97. The summed E-state index contributed by atoms with van der Waals surface area (Å²) in [6.07, 6.45) is 2.50. The normalized spacial score (nSPS) is 15.9. The Hall–Kier alpha value is -1.55. The second kappa shape index (κ2) is 7.29. The number of hydrogen-bond acceptors (Lipinski definition) is 2. The van der Waals surface area contributed by atoms with E-state index in [0.29, 0.717) is 13.0 Å². The highest BCUT2D eigenvalue weighted by Gasteiger charge is 2.19. The lowest BCUT2D eigenvalue weighted by molar-refractivity contribution is -0.130. The maximum absolute atomic E-state index is 11.9. The molecule has 0 radical (unpaired) electrons. The van der Waals surface area contributed by atoms with Crippen molar-refractivity contribution < 1.29 is 9.59 Å². The molecule has 1 aromatic rings. The Morgan fingerprint density at radius 2 is 1.85 bits per heavy atom. The molecule has 0 aromatic heterocycles. The van der Waals surface area contributed by atoms with Crippen LogP contribution in [0, 0.1) is 0 Å². The molecule has 0 spiro atoms. The van der Waals surface area contributed by atoms with E-state index in [-0.39, 0.29) is 11.8 Å². The SMILES string of the molecule is O=C(NCCC(=O)N1CCCC1)C(Cl)c1ccccc1. The number of carbonyl (C=O) groups is 2. The molecule has 2 rings (SSSR count). The largest absolute Gasteiger partial charge is 0.354 e. The van der Waals surface area contributed by atoms with Gasteiger partial charge in [-0.1, -0.05) is 30.3 Å². The number of alkyl halides is 1. The van der Waals surface area contributed by atoms with E-state index in [1.54, 1.807) is 0 Å². The first-order valence-electron chi connectivity index (χ1n) is 6.93. The summed E-state index contributed by atoms with van der Waals surface area (Å²) in [6, 6.07) is 9.18. The molecule has 20 heavy (non-hydrogen) atoms. The van der Waals surface area contributed by atoms with Crippen molar-refractivity contribution in [3.05, 3.63) is 35.9 Å². The van der Waals surface area contributed by atoms with Gasteiger partial charge >= 0.3 is 0 Å². The maximum Gasteiger partial charge on any atom is 0.242 e. The van der Waals surface area contributed by atoms with Gasteiger partial charge in [-0.05, 0) is 18.4 Å². The minimum Gasteiger partial charge on any atom is -0.354 e. The van der Waals surface area contributed by atoms with Crippen molar-refractivity contribution in [3.63, 3.8) is 0 Å². The molecule has 1 heterocycles. The van der Waals surface area contributed by atoms with E-state index in [1.807, 2.05) is 35.2 Å². The van der Waals surface area contributed by atoms with Gasteiger partial charge in [0.15, 0.2) is 0 Å². The molecule has 1 fully saturated rings. The van der Waals surface area contributed by atoms with Crippen molar-refractivity contribution >= 4 is 23.4 Å².